The summed E-state index contributed by atoms with van der Waals surface area (Å²) in [4.78, 5) is 12.7. The van der Waals surface area contributed by atoms with Crippen LogP contribution in [0, 0.1) is 0 Å². The molecule has 0 bridgehead atoms. The number of nitrogens with zero attached hydrogens (tertiary/aromatic N) is 2. The molecule has 2 heterocycles. The number of fused-ring (bicyclic) bond motifs is 1. The second-order valence-corrected chi connectivity index (χ2v) is 7.29. The number of alkyl halides is 3. The third-order valence-corrected chi connectivity index (χ3v) is 5.28. The topological polar surface area (TPSA) is 68.2 Å². The summed E-state index contributed by atoms with van der Waals surface area (Å²) in [6, 6.07) is 13.6. The molecule has 162 valence electrons. The molecule has 1 aliphatic rings. The maximum Gasteiger partial charge on any atom is 0.410 e. The van der Waals surface area contributed by atoms with E-state index in [1.54, 1.807) is 24.3 Å². The highest BCUT2D eigenvalue weighted by molar-refractivity contribution is 5.98. The van der Waals surface area contributed by atoms with E-state index in [0.29, 0.717) is 11.3 Å². The van der Waals surface area contributed by atoms with E-state index in [2.05, 4.69) is 15.7 Å². The van der Waals surface area contributed by atoms with E-state index < -0.39 is 24.2 Å². The Morgan fingerprint density at radius 2 is 2.00 bits per heavy atom. The van der Waals surface area contributed by atoms with Crippen molar-refractivity contribution >= 4 is 11.7 Å². The number of halogens is 3. The van der Waals surface area contributed by atoms with Crippen LogP contribution in [-0.4, -0.2) is 29.0 Å². The molecule has 31 heavy (non-hydrogen) atoms. The van der Waals surface area contributed by atoms with Crippen molar-refractivity contribution in [2.24, 2.45) is 0 Å². The maximum atomic E-state index is 13.8. The minimum Gasteiger partial charge on any atom is -0.497 e. The number of aromatic nitrogens is 2. The lowest BCUT2D eigenvalue weighted by Gasteiger charge is -2.34. The Morgan fingerprint density at radius 1 is 1.23 bits per heavy atom. The van der Waals surface area contributed by atoms with E-state index in [0.717, 1.165) is 10.2 Å². The molecule has 0 radical (unpaired) electrons. The Morgan fingerprint density at radius 3 is 2.71 bits per heavy atom. The summed E-state index contributed by atoms with van der Waals surface area (Å²) in [5.41, 5.74) is 1.58. The van der Waals surface area contributed by atoms with Gasteiger partial charge in [0, 0.05) is 13.0 Å². The molecule has 0 aliphatic carbocycles. The fourth-order valence-electron chi connectivity index (χ4n) is 3.68. The molecule has 1 aromatic heterocycles. The van der Waals surface area contributed by atoms with Gasteiger partial charge >= 0.3 is 6.18 Å². The quantitative estimate of drug-likeness (QED) is 0.626. The number of ether oxygens (including phenoxy) is 1. The van der Waals surface area contributed by atoms with Gasteiger partial charge in [0.25, 0.3) is 5.91 Å². The minimum atomic E-state index is -4.52. The van der Waals surface area contributed by atoms with Crippen molar-refractivity contribution in [1.29, 1.82) is 0 Å². The minimum absolute atomic E-state index is 0.0481. The normalized spacial score (nSPS) is 18.1. The van der Waals surface area contributed by atoms with Gasteiger partial charge in [-0.1, -0.05) is 42.5 Å². The maximum absolute atomic E-state index is 13.8. The van der Waals surface area contributed by atoms with E-state index in [1.807, 2.05) is 30.3 Å². The highest BCUT2D eigenvalue weighted by Gasteiger charge is 2.47. The van der Waals surface area contributed by atoms with E-state index >= 15 is 0 Å². The molecule has 2 N–H and O–H groups in total. The van der Waals surface area contributed by atoms with E-state index in [-0.39, 0.29) is 24.3 Å². The number of benzene rings is 2. The summed E-state index contributed by atoms with van der Waals surface area (Å²) in [5.74, 6) is 0.0968. The van der Waals surface area contributed by atoms with Crippen LogP contribution in [0.15, 0.2) is 60.8 Å². The third kappa shape index (κ3) is 4.35. The highest BCUT2D eigenvalue weighted by Crippen LogP contribution is 2.44. The number of rotatable bonds is 5. The Kier molecular flexibility index (Phi) is 5.58. The molecular formula is C22H21F3N4O2. The molecule has 0 spiro atoms. The standard InChI is InChI=1S/C22H21F3N4O2/c1-31-16-9-5-8-15(10-16)18-11-19(22(23,24)25)29-20(28-18)17(13-27-29)21(30)26-12-14-6-3-2-4-7-14/h2-10,13,18-19,28H,11-12H2,1H3,(H,26,30)/t18-,19-/m0/s1. The van der Waals surface area contributed by atoms with Crippen molar-refractivity contribution in [3.8, 4) is 5.75 Å². The van der Waals surface area contributed by atoms with Crippen LogP contribution in [0.4, 0.5) is 19.0 Å². The zero-order valence-corrected chi connectivity index (χ0v) is 16.7. The summed E-state index contributed by atoms with van der Waals surface area (Å²) in [6.07, 6.45) is -3.59. The van der Waals surface area contributed by atoms with Gasteiger partial charge in [0.2, 0.25) is 0 Å². The van der Waals surface area contributed by atoms with Crippen molar-refractivity contribution in [1.82, 2.24) is 15.1 Å². The smallest absolute Gasteiger partial charge is 0.410 e. The van der Waals surface area contributed by atoms with Gasteiger partial charge in [-0.15, -0.1) is 0 Å². The molecule has 0 saturated carbocycles. The van der Waals surface area contributed by atoms with Gasteiger partial charge in [-0.05, 0) is 23.3 Å². The molecule has 4 rings (SSSR count). The summed E-state index contributed by atoms with van der Waals surface area (Å²) < 4.78 is 47.5. The van der Waals surface area contributed by atoms with Gasteiger partial charge < -0.3 is 15.4 Å². The van der Waals surface area contributed by atoms with Gasteiger partial charge in [-0.3, -0.25) is 4.79 Å². The molecule has 9 heteroatoms. The van der Waals surface area contributed by atoms with Crippen molar-refractivity contribution in [2.75, 3.05) is 12.4 Å². The lowest BCUT2D eigenvalue weighted by atomic mass is 9.96. The zero-order chi connectivity index (χ0) is 22.0. The van der Waals surface area contributed by atoms with E-state index in [1.165, 1.54) is 13.3 Å². The first-order chi connectivity index (χ1) is 14.9. The van der Waals surface area contributed by atoms with Crippen LogP contribution in [0.2, 0.25) is 0 Å². The average Bonchev–Trinajstić information content (AvgIpc) is 3.21. The Labute approximate surface area is 177 Å². The van der Waals surface area contributed by atoms with Gasteiger partial charge in [-0.2, -0.15) is 18.3 Å². The number of anilines is 1. The fraction of sp³-hybridized carbons (Fsp3) is 0.273. The van der Waals surface area contributed by atoms with E-state index in [4.69, 9.17) is 4.74 Å². The lowest BCUT2D eigenvalue weighted by Crippen LogP contribution is -2.36. The predicted octanol–water partition coefficient (Wildman–Crippen LogP) is 4.48. The molecule has 6 nitrogen and oxygen atoms in total. The monoisotopic (exact) mass is 430 g/mol. The SMILES string of the molecule is COc1cccc([C@@H]2C[C@@H](C(F)(F)F)n3ncc(C(=O)NCc4ccccc4)c3N2)c1. The first-order valence-corrected chi connectivity index (χ1v) is 9.73. The number of nitrogens with one attached hydrogen (secondary N) is 2. The number of amides is 1. The molecule has 0 fully saturated rings. The summed E-state index contributed by atoms with van der Waals surface area (Å²) in [7, 11) is 1.50. The predicted molar refractivity (Wildman–Crippen MR) is 109 cm³/mol. The number of carbonyl (C=O) groups excluding carboxylic acids is 1. The molecular weight excluding hydrogens is 409 g/mol. The molecule has 0 unspecified atom stereocenters. The molecule has 0 saturated heterocycles. The summed E-state index contributed by atoms with van der Waals surface area (Å²) in [6.45, 7) is 0.256. The fourth-order valence-corrected chi connectivity index (χ4v) is 3.68. The van der Waals surface area contributed by atoms with Crippen LogP contribution in [0.25, 0.3) is 0 Å². The number of hydrogen-bond donors (Lipinski definition) is 2. The average molecular weight is 430 g/mol. The molecule has 3 aromatic rings. The Hall–Kier alpha value is -3.49. The number of carbonyl (C=O) groups is 1. The van der Waals surface area contributed by atoms with Crippen LogP contribution in [-0.2, 0) is 6.54 Å². The first kappa shape index (κ1) is 20.8. The Bertz CT molecular complexity index is 1070. The van der Waals surface area contributed by atoms with Crippen LogP contribution < -0.4 is 15.4 Å². The zero-order valence-electron chi connectivity index (χ0n) is 16.7. The van der Waals surface area contributed by atoms with Crippen LogP contribution in [0.5, 0.6) is 5.75 Å². The van der Waals surface area contributed by atoms with Crippen LogP contribution >= 0.6 is 0 Å². The van der Waals surface area contributed by atoms with Crippen LogP contribution in [0.1, 0.15) is 40.0 Å². The number of methoxy groups -OCH3 is 1. The highest BCUT2D eigenvalue weighted by atomic mass is 19.4. The largest absolute Gasteiger partial charge is 0.497 e. The molecule has 2 atom stereocenters. The molecule has 1 aliphatic heterocycles. The van der Waals surface area contributed by atoms with E-state index in [9.17, 15) is 18.0 Å². The van der Waals surface area contributed by atoms with Crippen molar-refractivity contribution < 1.29 is 22.7 Å². The second kappa shape index (κ2) is 8.33. The van der Waals surface area contributed by atoms with Gasteiger partial charge in [0.05, 0.1) is 19.3 Å². The lowest BCUT2D eigenvalue weighted by molar-refractivity contribution is -0.173. The first-order valence-electron chi connectivity index (χ1n) is 9.73. The van der Waals surface area contributed by atoms with Crippen LogP contribution in [0.3, 0.4) is 0 Å². The summed E-state index contributed by atoms with van der Waals surface area (Å²) >= 11 is 0. The number of hydrogen-bond acceptors (Lipinski definition) is 4. The molecule has 1 amide bonds. The summed E-state index contributed by atoms with van der Waals surface area (Å²) in [5, 5.41) is 9.71. The third-order valence-electron chi connectivity index (χ3n) is 5.28. The molecule has 2 aromatic carbocycles. The van der Waals surface area contributed by atoms with Gasteiger partial charge in [0.1, 0.15) is 17.1 Å². The van der Waals surface area contributed by atoms with Crippen molar-refractivity contribution in [2.45, 2.75) is 31.2 Å². The Balaban J connectivity index is 1.63. The van der Waals surface area contributed by atoms with Crippen molar-refractivity contribution in [3.63, 3.8) is 0 Å². The second-order valence-electron chi connectivity index (χ2n) is 7.29. The van der Waals surface area contributed by atoms with Gasteiger partial charge in [-0.25, -0.2) is 4.68 Å². The van der Waals surface area contributed by atoms with Gasteiger partial charge in [0.15, 0.2) is 6.04 Å². The van der Waals surface area contributed by atoms with Crippen molar-refractivity contribution in [3.05, 3.63) is 77.5 Å².